The molecule has 0 bridgehead atoms. The van der Waals surface area contributed by atoms with Crippen LogP contribution in [0.3, 0.4) is 0 Å². The number of likely N-dealkylation sites (tertiary alicyclic amines) is 1. The predicted octanol–water partition coefficient (Wildman–Crippen LogP) is 3.71. The second kappa shape index (κ2) is 7.30. The molecule has 1 aromatic carbocycles. The van der Waals surface area contributed by atoms with Gasteiger partial charge < -0.3 is 4.90 Å². The van der Waals surface area contributed by atoms with Gasteiger partial charge in [-0.05, 0) is 44.8 Å². The standard InChI is InChI=1S/C18H24N4OS/c1-3-15-6-4-5-11-21(15)16(23)12-22-17(19-20-18(22)24)14-9-7-13(2)8-10-14/h7-10,15H,3-6,11-12H2,1-2H3,(H,20,24)/t15-/m1/s1. The zero-order chi connectivity index (χ0) is 17.1. The van der Waals surface area contributed by atoms with Crippen molar-refractivity contribution in [2.24, 2.45) is 0 Å². The molecule has 2 aromatic rings. The lowest BCUT2D eigenvalue weighted by Gasteiger charge is -2.35. The third-order valence-electron chi connectivity index (χ3n) is 4.78. The van der Waals surface area contributed by atoms with Crippen molar-refractivity contribution in [3.05, 3.63) is 34.6 Å². The Kier molecular flexibility index (Phi) is 5.14. The quantitative estimate of drug-likeness (QED) is 0.860. The van der Waals surface area contributed by atoms with Crippen molar-refractivity contribution in [2.45, 2.75) is 52.1 Å². The van der Waals surface area contributed by atoms with Gasteiger partial charge in [-0.2, -0.15) is 5.10 Å². The number of aryl methyl sites for hydroxylation is 1. The Morgan fingerprint density at radius 3 is 2.79 bits per heavy atom. The van der Waals surface area contributed by atoms with Crippen molar-refractivity contribution in [2.75, 3.05) is 6.54 Å². The van der Waals surface area contributed by atoms with Gasteiger partial charge in [-0.1, -0.05) is 36.8 Å². The molecular formula is C18H24N4OS. The molecule has 0 spiro atoms. The summed E-state index contributed by atoms with van der Waals surface area (Å²) in [5.74, 6) is 0.853. The molecule has 1 atom stereocenters. The number of nitrogens with zero attached hydrogens (tertiary/aromatic N) is 3. The molecule has 0 radical (unpaired) electrons. The molecular weight excluding hydrogens is 320 g/mol. The van der Waals surface area contributed by atoms with Crippen LogP contribution in [0.1, 0.15) is 38.2 Å². The second-order valence-electron chi connectivity index (χ2n) is 6.45. The van der Waals surface area contributed by atoms with Gasteiger partial charge >= 0.3 is 0 Å². The van der Waals surface area contributed by atoms with Gasteiger partial charge in [-0.25, -0.2) is 0 Å². The van der Waals surface area contributed by atoms with Gasteiger partial charge in [-0.3, -0.25) is 14.5 Å². The van der Waals surface area contributed by atoms with Gasteiger partial charge in [0.2, 0.25) is 5.91 Å². The normalized spacial score (nSPS) is 17.9. The van der Waals surface area contributed by atoms with Crippen LogP contribution >= 0.6 is 12.2 Å². The minimum absolute atomic E-state index is 0.132. The zero-order valence-corrected chi connectivity index (χ0v) is 15.1. The Labute approximate surface area is 147 Å². The number of benzene rings is 1. The average molecular weight is 344 g/mol. The molecule has 128 valence electrons. The van der Waals surface area contributed by atoms with Crippen molar-refractivity contribution in [1.82, 2.24) is 19.7 Å². The number of hydrogen-bond donors (Lipinski definition) is 1. The summed E-state index contributed by atoms with van der Waals surface area (Å²) in [7, 11) is 0. The Hall–Kier alpha value is -1.95. The smallest absolute Gasteiger partial charge is 0.242 e. The van der Waals surface area contributed by atoms with E-state index in [0.717, 1.165) is 37.2 Å². The molecule has 1 aromatic heterocycles. The molecule has 1 saturated heterocycles. The Morgan fingerprint density at radius 2 is 2.08 bits per heavy atom. The molecule has 6 heteroatoms. The van der Waals surface area contributed by atoms with E-state index in [1.54, 1.807) is 0 Å². The van der Waals surface area contributed by atoms with E-state index in [9.17, 15) is 4.79 Å². The summed E-state index contributed by atoms with van der Waals surface area (Å²) in [6.07, 6.45) is 4.41. The second-order valence-corrected chi connectivity index (χ2v) is 6.84. The molecule has 2 heterocycles. The Morgan fingerprint density at radius 1 is 1.33 bits per heavy atom. The number of amides is 1. The van der Waals surface area contributed by atoms with Crippen LogP contribution in [0.5, 0.6) is 0 Å². The van der Waals surface area contributed by atoms with E-state index < -0.39 is 0 Å². The molecule has 1 fully saturated rings. The fourth-order valence-corrected chi connectivity index (χ4v) is 3.56. The highest BCUT2D eigenvalue weighted by molar-refractivity contribution is 7.71. The van der Waals surface area contributed by atoms with Crippen LogP contribution < -0.4 is 0 Å². The molecule has 3 rings (SSSR count). The number of nitrogens with one attached hydrogen (secondary N) is 1. The Balaban J connectivity index is 1.85. The van der Waals surface area contributed by atoms with Crippen LogP contribution in [0.2, 0.25) is 0 Å². The maximum absolute atomic E-state index is 12.8. The minimum Gasteiger partial charge on any atom is -0.338 e. The van der Waals surface area contributed by atoms with Crippen LogP contribution in [-0.2, 0) is 11.3 Å². The summed E-state index contributed by atoms with van der Waals surface area (Å²) >= 11 is 5.35. The number of H-pyrrole nitrogens is 1. The fraction of sp³-hybridized carbons (Fsp3) is 0.500. The maximum Gasteiger partial charge on any atom is 0.242 e. The first kappa shape index (κ1) is 16.9. The molecule has 1 aliphatic rings. The molecule has 1 aliphatic heterocycles. The predicted molar refractivity (Wildman–Crippen MR) is 97.2 cm³/mol. The topological polar surface area (TPSA) is 53.9 Å². The van der Waals surface area contributed by atoms with Crippen molar-refractivity contribution in [3.8, 4) is 11.4 Å². The van der Waals surface area contributed by atoms with Gasteiger partial charge in [0.15, 0.2) is 10.6 Å². The lowest BCUT2D eigenvalue weighted by atomic mass is 10.00. The lowest BCUT2D eigenvalue weighted by Crippen LogP contribution is -2.44. The van der Waals surface area contributed by atoms with Crippen molar-refractivity contribution in [3.63, 3.8) is 0 Å². The number of rotatable bonds is 4. The average Bonchev–Trinajstić information content (AvgIpc) is 2.96. The first-order valence-electron chi connectivity index (χ1n) is 8.62. The summed E-state index contributed by atoms with van der Waals surface area (Å²) in [4.78, 5) is 14.9. The maximum atomic E-state index is 12.8. The number of aromatic amines is 1. The molecule has 1 amide bonds. The van der Waals surface area contributed by atoms with E-state index in [2.05, 4.69) is 17.1 Å². The van der Waals surface area contributed by atoms with E-state index in [1.165, 1.54) is 12.0 Å². The van der Waals surface area contributed by atoms with E-state index in [-0.39, 0.29) is 12.5 Å². The third kappa shape index (κ3) is 3.43. The van der Waals surface area contributed by atoms with Crippen molar-refractivity contribution >= 4 is 18.1 Å². The van der Waals surface area contributed by atoms with Crippen molar-refractivity contribution in [1.29, 1.82) is 0 Å². The number of hydrogen-bond acceptors (Lipinski definition) is 3. The van der Waals surface area contributed by atoms with Gasteiger partial charge in [-0.15, -0.1) is 0 Å². The van der Waals surface area contributed by atoms with E-state index in [0.29, 0.717) is 10.8 Å². The van der Waals surface area contributed by atoms with Crippen LogP contribution in [0, 0.1) is 11.7 Å². The molecule has 0 aliphatic carbocycles. The zero-order valence-electron chi connectivity index (χ0n) is 14.3. The Bertz CT molecular complexity index is 762. The molecule has 5 nitrogen and oxygen atoms in total. The summed E-state index contributed by atoms with van der Waals surface area (Å²) in [6, 6.07) is 8.46. The summed E-state index contributed by atoms with van der Waals surface area (Å²) in [5.41, 5.74) is 2.15. The van der Waals surface area contributed by atoms with E-state index >= 15 is 0 Å². The minimum atomic E-state index is 0.132. The monoisotopic (exact) mass is 344 g/mol. The fourth-order valence-electron chi connectivity index (χ4n) is 3.37. The van der Waals surface area contributed by atoms with Gasteiger partial charge in [0.05, 0.1) is 0 Å². The number of carbonyl (C=O) groups is 1. The van der Waals surface area contributed by atoms with Crippen LogP contribution in [0.15, 0.2) is 24.3 Å². The number of aromatic nitrogens is 3. The summed E-state index contributed by atoms with van der Waals surface area (Å²) in [6.45, 7) is 5.29. The largest absolute Gasteiger partial charge is 0.338 e. The first-order chi connectivity index (χ1) is 11.6. The SMILES string of the molecule is CC[C@@H]1CCCCN1C(=O)Cn1c(-c2ccc(C)cc2)n[nH]c1=S. The highest BCUT2D eigenvalue weighted by Gasteiger charge is 2.26. The summed E-state index contributed by atoms with van der Waals surface area (Å²) in [5, 5.41) is 7.16. The highest BCUT2D eigenvalue weighted by Crippen LogP contribution is 2.22. The molecule has 0 unspecified atom stereocenters. The third-order valence-corrected chi connectivity index (χ3v) is 5.09. The molecule has 24 heavy (non-hydrogen) atoms. The van der Waals surface area contributed by atoms with Crippen LogP contribution in [0.4, 0.5) is 0 Å². The number of carbonyl (C=O) groups excluding carboxylic acids is 1. The van der Waals surface area contributed by atoms with E-state index in [1.807, 2.05) is 40.7 Å². The highest BCUT2D eigenvalue weighted by atomic mass is 32.1. The first-order valence-corrected chi connectivity index (χ1v) is 9.02. The van der Waals surface area contributed by atoms with Gasteiger partial charge in [0.25, 0.3) is 0 Å². The lowest BCUT2D eigenvalue weighted by molar-refractivity contribution is -0.135. The molecule has 0 saturated carbocycles. The van der Waals surface area contributed by atoms with E-state index in [4.69, 9.17) is 12.2 Å². The van der Waals surface area contributed by atoms with Gasteiger partial charge in [0.1, 0.15) is 6.54 Å². The van der Waals surface area contributed by atoms with Crippen LogP contribution in [0.25, 0.3) is 11.4 Å². The number of piperidine rings is 1. The molecule has 1 N–H and O–H groups in total. The van der Waals surface area contributed by atoms with Gasteiger partial charge in [0, 0.05) is 18.2 Å². The van der Waals surface area contributed by atoms with Crippen LogP contribution in [-0.4, -0.2) is 38.2 Å². The summed E-state index contributed by atoms with van der Waals surface area (Å²) < 4.78 is 2.30. The van der Waals surface area contributed by atoms with Crippen molar-refractivity contribution < 1.29 is 4.79 Å².